The molecular weight excluding hydrogens is 188 g/mol. The monoisotopic (exact) mass is 198 g/mol. The van der Waals surface area contributed by atoms with Crippen LogP contribution in [0, 0.1) is 0 Å². The van der Waals surface area contributed by atoms with E-state index in [4.69, 9.17) is 0 Å². The minimum Gasteiger partial charge on any atom is -0.370 e. The second-order valence-corrected chi connectivity index (χ2v) is 3.81. The van der Waals surface area contributed by atoms with Gasteiger partial charge < -0.3 is 5.32 Å². The first-order valence-corrected chi connectivity index (χ1v) is 4.92. The van der Waals surface area contributed by atoms with E-state index in [2.05, 4.69) is 10.3 Å². The first-order valence-electron chi connectivity index (χ1n) is 4.92. The predicted octanol–water partition coefficient (Wildman–Crippen LogP) is 1.76. The van der Waals surface area contributed by atoms with E-state index in [1.807, 2.05) is 31.2 Å². The summed E-state index contributed by atoms with van der Waals surface area (Å²) in [6.45, 7) is 1.85. The number of benzene rings is 1. The second kappa shape index (κ2) is 2.79. The van der Waals surface area contributed by atoms with Crippen LogP contribution in [0.25, 0.3) is 0 Å². The average Bonchev–Trinajstić information content (AvgIpc) is 2.57. The molecule has 0 fully saturated rings. The number of anilines is 1. The Kier molecular flexibility index (Phi) is 1.57. The van der Waals surface area contributed by atoms with Crippen molar-refractivity contribution in [2.75, 3.05) is 5.32 Å². The minimum atomic E-state index is -0.272. The number of fused-ring (bicyclic) bond motifs is 3. The first-order chi connectivity index (χ1) is 7.25. The number of carbonyl (C=O) groups is 1. The van der Waals surface area contributed by atoms with Crippen LogP contribution in [0.2, 0.25) is 0 Å². The lowest BCUT2D eigenvalue weighted by Crippen LogP contribution is -2.33. The van der Waals surface area contributed by atoms with Gasteiger partial charge in [0.15, 0.2) is 5.78 Å². The van der Waals surface area contributed by atoms with Gasteiger partial charge in [0.05, 0.1) is 5.71 Å². The molecule has 0 aliphatic carbocycles. The Morgan fingerprint density at radius 1 is 1.33 bits per heavy atom. The highest BCUT2D eigenvalue weighted by molar-refractivity contribution is 6.28. The van der Waals surface area contributed by atoms with Crippen LogP contribution in [-0.2, 0) is 4.79 Å². The average molecular weight is 198 g/mol. The van der Waals surface area contributed by atoms with Crippen LogP contribution in [0.15, 0.2) is 41.0 Å². The molecule has 2 aliphatic rings. The van der Waals surface area contributed by atoms with E-state index < -0.39 is 0 Å². The van der Waals surface area contributed by atoms with Gasteiger partial charge in [0.25, 0.3) is 0 Å². The van der Waals surface area contributed by atoms with Crippen molar-refractivity contribution in [1.82, 2.24) is 0 Å². The van der Waals surface area contributed by atoms with Crippen molar-refractivity contribution in [3.05, 3.63) is 41.6 Å². The van der Waals surface area contributed by atoms with Crippen LogP contribution < -0.4 is 5.32 Å². The van der Waals surface area contributed by atoms with Crippen molar-refractivity contribution >= 4 is 17.2 Å². The number of hydrogen-bond acceptors (Lipinski definition) is 3. The fourth-order valence-corrected chi connectivity index (χ4v) is 2.05. The summed E-state index contributed by atoms with van der Waals surface area (Å²) in [5.74, 6) is 0.0914. The molecule has 0 bridgehead atoms. The molecule has 1 aromatic carbocycles. The Balaban J connectivity index is 2.19. The van der Waals surface area contributed by atoms with Gasteiger partial charge in [-0.25, -0.2) is 0 Å². The van der Waals surface area contributed by atoms with Crippen molar-refractivity contribution in [1.29, 1.82) is 0 Å². The van der Waals surface area contributed by atoms with E-state index in [0.717, 1.165) is 22.7 Å². The molecule has 0 radical (unpaired) electrons. The van der Waals surface area contributed by atoms with Gasteiger partial charge in [-0.1, -0.05) is 18.2 Å². The summed E-state index contributed by atoms with van der Waals surface area (Å²) in [7, 11) is 0. The molecule has 3 heteroatoms. The van der Waals surface area contributed by atoms with E-state index in [1.54, 1.807) is 6.08 Å². The predicted molar refractivity (Wildman–Crippen MR) is 59.2 cm³/mol. The normalized spacial score (nSPS) is 22.5. The molecule has 0 saturated heterocycles. The second-order valence-electron chi connectivity index (χ2n) is 3.81. The lowest BCUT2D eigenvalue weighted by molar-refractivity contribution is -0.114. The molecule has 0 saturated carbocycles. The summed E-state index contributed by atoms with van der Waals surface area (Å²) in [5, 5.41) is 3.18. The van der Waals surface area contributed by atoms with E-state index in [9.17, 15) is 4.79 Å². The molecule has 3 rings (SSSR count). The smallest absolute Gasteiger partial charge is 0.185 e. The van der Waals surface area contributed by atoms with Crippen molar-refractivity contribution < 1.29 is 4.79 Å². The highest BCUT2D eigenvalue weighted by Gasteiger charge is 2.34. The minimum absolute atomic E-state index is 0.0914. The molecular formula is C12H10N2O. The highest BCUT2D eigenvalue weighted by atomic mass is 16.1. The number of nitrogens with one attached hydrogen (secondary N) is 1. The zero-order valence-electron chi connectivity index (χ0n) is 8.32. The van der Waals surface area contributed by atoms with Gasteiger partial charge in [-0.2, -0.15) is 0 Å². The Labute approximate surface area is 87.5 Å². The van der Waals surface area contributed by atoms with Gasteiger partial charge in [0, 0.05) is 23.0 Å². The lowest BCUT2D eigenvalue weighted by Gasteiger charge is -2.13. The van der Waals surface area contributed by atoms with Gasteiger partial charge in [-0.15, -0.1) is 0 Å². The Morgan fingerprint density at radius 3 is 3.00 bits per heavy atom. The fourth-order valence-electron chi connectivity index (χ4n) is 2.05. The van der Waals surface area contributed by atoms with E-state index in [-0.39, 0.29) is 11.8 Å². The molecule has 1 unspecified atom stereocenters. The summed E-state index contributed by atoms with van der Waals surface area (Å²) < 4.78 is 0. The van der Waals surface area contributed by atoms with Gasteiger partial charge >= 0.3 is 0 Å². The first kappa shape index (κ1) is 8.41. The third-order valence-corrected chi connectivity index (χ3v) is 2.71. The molecule has 1 N–H and O–H groups in total. The molecule has 0 spiro atoms. The van der Waals surface area contributed by atoms with Crippen LogP contribution in [0.5, 0.6) is 0 Å². The largest absolute Gasteiger partial charge is 0.370 e. The molecule has 0 amide bonds. The van der Waals surface area contributed by atoms with E-state index >= 15 is 0 Å². The summed E-state index contributed by atoms with van der Waals surface area (Å²) in [5.41, 5.74) is 3.68. The van der Waals surface area contributed by atoms with E-state index in [0.29, 0.717) is 0 Å². The van der Waals surface area contributed by atoms with Crippen molar-refractivity contribution in [3.63, 3.8) is 0 Å². The van der Waals surface area contributed by atoms with Gasteiger partial charge in [-0.3, -0.25) is 9.79 Å². The number of ketones is 1. The van der Waals surface area contributed by atoms with Crippen LogP contribution in [0.1, 0.15) is 12.5 Å². The molecule has 1 aromatic rings. The highest BCUT2D eigenvalue weighted by Crippen LogP contribution is 2.29. The maximum Gasteiger partial charge on any atom is 0.185 e. The third kappa shape index (κ3) is 1.13. The van der Waals surface area contributed by atoms with Crippen LogP contribution >= 0.6 is 0 Å². The Bertz CT molecular complexity index is 514. The standard InChI is InChI=1S/C12H10N2O/c1-7-6-10(15)12-11(13-7)8-4-2-3-5-9(8)14-12/h2-6,12,14H,1H3. The summed E-state index contributed by atoms with van der Waals surface area (Å²) in [6.07, 6.45) is 1.59. The topological polar surface area (TPSA) is 41.5 Å². The third-order valence-electron chi connectivity index (χ3n) is 2.71. The summed E-state index contributed by atoms with van der Waals surface area (Å²) >= 11 is 0. The fraction of sp³-hybridized carbons (Fsp3) is 0.167. The number of para-hydroxylation sites is 1. The van der Waals surface area contributed by atoms with Crippen LogP contribution in [0.3, 0.4) is 0 Å². The maximum absolute atomic E-state index is 11.7. The van der Waals surface area contributed by atoms with Gasteiger partial charge in [-0.05, 0) is 13.0 Å². The van der Waals surface area contributed by atoms with Gasteiger partial charge in [0.1, 0.15) is 6.04 Å². The molecule has 74 valence electrons. The molecule has 2 heterocycles. The molecule has 1 atom stereocenters. The summed E-state index contributed by atoms with van der Waals surface area (Å²) in [4.78, 5) is 16.2. The lowest BCUT2D eigenvalue weighted by atomic mass is 10.0. The zero-order valence-corrected chi connectivity index (χ0v) is 8.32. The number of nitrogens with zero attached hydrogens (tertiary/aromatic N) is 1. The molecule has 2 aliphatic heterocycles. The van der Waals surface area contributed by atoms with E-state index in [1.165, 1.54) is 0 Å². The number of carbonyl (C=O) groups excluding carboxylic acids is 1. The number of aliphatic imine (C=N–C) groups is 1. The Morgan fingerprint density at radius 2 is 2.13 bits per heavy atom. The number of hydrogen-bond donors (Lipinski definition) is 1. The van der Waals surface area contributed by atoms with Crippen molar-refractivity contribution in [2.45, 2.75) is 13.0 Å². The van der Waals surface area contributed by atoms with Crippen LogP contribution in [0.4, 0.5) is 5.69 Å². The van der Waals surface area contributed by atoms with Gasteiger partial charge in [0.2, 0.25) is 0 Å². The Hall–Kier alpha value is -1.90. The summed E-state index contributed by atoms with van der Waals surface area (Å²) in [6, 6.07) is 7.61. The number of allylic oxidation sites excluding steroid dienone is 1. The van der Waals surface area contributed by atoms with Crippen LogP contribution in [-0.4, -0.2) is 17.5 Å². The zero-order chi connectivity index (χ0) is 10.4. The SMILES string of the molecule is CC1=CC(=O)C2Nc3ccccc3C2=N1. The van der Waals surface area contributed by atoms with Crippen molar-refractivity contribution in [2.24, 2.45) is 4.99 Å². The maximum atomic E-state index is 11.7. The molecule has 3 nitrogen and oxygen atoms in total. The molecule has 0 aromatic heterocycles. The number of rotatable bonds is 0. The quantitative estimate of drug-likeness (QED) is 0.690. The molecule has 15 heavy (non-hydrogen) atoms. The van der Waals surface area contributed by atoms with Crippen molar-refractivity contribution in [3.8, 4) is 0 Å².